The van der Waals surface area contributed by atoms with Crippen molar-refractivity contribution >= 4 is 48.9 Å². The van der Waals surface area contributed by atoms with Crippen molar-refractivity contribution < 1.29 is 0 Å². The van der Waals surface area contributed by atoms with E-state index in [1.54, 1.807) is 17.7 Å². The predicted octanol–water partition coefficient (Wildman–Crippen LogP) is 4.69. The summed E-state index contributed by atoms with van der Waals surface area (Å²) in [6, 6.07) is 10.6. The molecule has 0 saturated carbocycles. The molecule has 6 heteroatoms. The quantitative estimate of drug-likeness (QED) is 0.525. The van der Waals surface area contributed by atoms with Crippen molar-refractivity contribution in [1.82, 2.24) is 15.0 Å². The normalized spacial score (nSPS) is 16.2. The molecule has 24 heavy (non-hydrogen) atoms. The summed E-state index contributed by atoms with van der Waals surface area (Å²) < 4.78 is 1.30. The maximum absolute atomic E-state index is 4.85. The van der Waals surface area contributed by atoms with E-state index in [9.17, 15) is 0 Å². The van der Waals surface area contributed by atoms with Gasteiger partial charge in [0.25, 0.3) is 0 Å². The van der Waals surface area contributed by atoms with Crippen LogP contribution in [0.25, 0.3) is 20.4 Å². The van der Waals surface area contributed by atoms with Gasteiger partial charge in [-0.3, -0.25) is 0 Å². The molecule has 0 N–H and O–H groups in total. The number of thiophene rings is 1. The molecule has 120 valence electrons. The second-order valence-corrected chi connectivity index (χ2v) is 8.07. The third-order valence-electron chi connectivity index (χ3n) is 4.69. The van der Waals surface area contributed by atoms with Gasteiger partial charge in [-0.15, -0.1) is 22.7 Å². The molecule has 0 unspecified atom stereocenters. The summed E-state index contributed by atoms with van der Waals surface area (Å²) in [6.45, 7) is 2.06. The molecule has 0 radical (unpaired) electrons. The van der Waals surface area contributed by atoms with E-state index in [1.165, 1.54) is 15.1 Å². The Labute approximate surface area is 147 Å². The van der Waals surface area contributed by atoms with Crippen LogP contribution in [-0.4, -0.2) is 28.0 Å². The number of hydrogen-bond acceptors (Lipinski definition) is 6. The number of thiazole rings is 1. The monoisotopic (exact) mass is 352 g/mol. The summed E-state index contributed by atoms with van der Waals surface area (Å²) in [6.07, 6.45) is 3.96. The van der Waals surface area contributed by atoms with E-state index in [4.69, 9.17) is 4.98 Å². The highest BCUT2D eigenvalue weighted by Crippen LogP contribution is 2.36. The number of anilines is 1. The Morgan fingerprint density at radius 2 is 1.92 bits per heavy atom. The van der Waals surface area contributed by atoms with Crippen LogP contribution in [0.15, 0.2) is 42.0 Å². The van der Waals surface area contributed by atoms with Gasteiger partial charge in [0, 0.05) is 19.0 Å². The average Bonchev–Trinajstić information content (AvgIpc) is 3.28. The van der Waals surface area contributed by atoms with Crippen LogP contribution < -0.4 is 4.90 Å². The van der Waals surface area contributed by atoms with Gasteiger partial charge in [0.1, 0.15) is 17.0 Å². The maximum Gasteiger partial charge on any atom is 0.140 e. The summed E-state index contributed by atoms with van der Waals surface area (Å²) in [5.74, 6) is 1.66. The minimum absolute atomic E-state index is 0.568. The van der Waals surface area contributed by atoms with Gasteiger partial charge < -0.3 is 4.90 Å². The molecule has 4 nitrogen and oxygen atoms in total. The summed E-state index contributed by atoms with van der Waals surface area (Å²) >= 11 is 3.53. The Bertz CT molecular complexity index is 965. The molecule has 0 bridgehead atoms. The van der Waals surface area contributed by atoms with Crippen LogP contribution in [0.1, 0.15) is 23.8 Å². The van der Waals surface area contributed by atoms with Crippen molar-refractivity contribution in [2.45, 2.75) is 18.8 Å². The molecule has 1 fully saturated rings. The fourth-order valence-corrected chi connectivity index (χ4v) is 5.30. The van der Waals surface area contributed by atoms with Gasteiger partial charge >= 0.3 is 0 Å². The van der Waals surface area contributed by atoms with E-state index < -0.39 is 0 Å². The molecule has 5 rings (SSSR count). The zero-order valence-corrected chi connectivity index (χ0v) is 14.7. The molecule has 1 aromatic carbocycles. The van der Waals surface area contributed by atoms with E-state index in [0.29, 0.717) is 5.92 Å². The van der Waals surface area contributed by atoms with Crippen molar-refractivity contribution in [3.05, 3.63) is 47.0 Å². The number of hydrogen-bond donors (Lipinski definition) is 0. The van der Waals surface area contributed by atoms with Gasteiger partial charge in [0.15, 0.2) is 0 Å². The molecule has 3 aromatic heterocycles. The zero-order valence-electron chi connectivity index (χ0n) is 13.1. The van der Waals surface area contributed by atoms with Crippen molar-refractivity contribution in [1.29, 1.82) is 0 Å². The van der Waals surface area contributed by atoms with E-state index >= 15 is 0 Å². The van der Waals surface area contributed by atoms with Crippen LogP contribution in [0.2, 0.25) is 0 Å². The SMILES string of the molecule is c1ccc2sc(C3CCN(c4ncnc5sccc45)CC3)nc2c1. The molecular weight excluding hydrogens is 336 g/mol. The van der Waals surface area contributed by atoms with Crippen molar-refractivity contribution in [3.8, 4) is 0 Å². The third kappa shape index (κ3) is 2.37. The molecule has 4 aromatic rings. The second-order valence-electron chi connectivity index (χ2n) is 6.12. The first-order valence-corrected chi connectivity index (χ1v) is 9.87. The number of para-hydroxylation sites is 1. The highest BCUT2D eigenvalue weighted by atomic mass is 32.1. The first-order valence-electron chi connectivity index (χ1n) is 8.17. The van der Waals surface area contributed by atoms with Crippen LogP contribution >= 0.6 is 22.7 Å². The topological polar surface area (TPSA) is 41.9 Å². The fraction of sp³-hybridized carbons (Fsp3) is 0.278. The number of nitrogens with zero attached hydrogens (tertiary/aromatic N) is 4. The lowest BCUT2D eigenvalue weighted by Crippen LogP contribution is -2.33. The van der Waals surface area contributed by atoms with Crippen LogP contribution in [-0.2, 0) is 0 Å². The average molecular weight is 352 g/mol. The third-order valence-corrected chi connectivity index (χ3v) is 6.71. The minimum Gasteiger partial charge on any atom is -0.356 e. The first-order chi connectivity index (χ1) is 11.9. The molecule has 1 aliphatic heterocycles. The van der Waals surface area contributed by atoms with E-state index in [-0.39, 0.29) is 0 Å². The first kappa shape index (κ1) is 14.3. The number of rotatable bonds is 2. The molecule has 1 saturated heterocycles. The summed E-state index contributed by atoms with van der Waals surface area (Å²) in [7, 11) is 0. The van der Waals surface area contributed by atoms with E-state index in [0.717, 1.165) is 42.1 Å². The number of benzene rings is 1. The lowest BCUT2D eigenvalue weighted by atomic mass is 9.97. The van der Waals surface area contributed by atoms with Crippen LogP contribution in [0.3, 0.4) is 0 Å². The van der Waals surface area contributed by atoms with Crippen molar-refractivity contribution in [2.75, 3.05) is 18.0 Å². The minimum atomic E-state index is 0.568. The Morgan fingerprint density at radius 1 is 1.04 bits per heavy atom. The number of fused-ring (bicyclic) bond motifs is 2. The van der Waals surface area contributed by atoms with Gasteiger partial charge in [0.05, 0.1) is 20.6 Å². The standard InChI is InChI=1S/C18H16N4S2/c1-2-4-15-14(3-1)21-17(24-15)12-5-8-22(9-6-12)16-13-7-10-23-18(13)20-11-19-16/h1-4,7,10-12H,5-6,8-9H2. The van der Waals surface area contributed by atoms with Gasteiger partial charge in [-0.25, -0.2) is 15.0 Å². The molecule has 1 aliphatic rings. The largest absolute Gasteiger partial charge is 0.356 e. The maximum atomic E-state index is 4.85. The zero-order chi connectivity index (χ0) is 15.9. The highest BCUT2D eigenvalue weighted by molar-refractivity contribution is 7.18. The van der Waals surface area contributed by atoms with Crippen LogP contribution in [0, 0.1) is 0 Å². The van der Waals surface area contributed by atoms with Crippen molar-refractivity contribution in [2.24, 2.45) is 0 Å². The molecule has 0 atom stereocenters. The summed E-state index contributed by atoms with van der Waals surface area (Å²) in [5, 5.41) is 4.57. The lowest BCUT2D eigenvalue weighted by Gasteiger charge is -2.32. The molecule has 0 spiro atoms. The smallest absolute Gasteiger partial charge is 0.140 e. The van der Waals surface area contributed by atoms with Gasteiger partial charge in [-0.2, -0.15) is 0 Å². The predicted molar refractivity (Wildman–Crippen MR) is 101 cm³/mol. The Hall–Kier alpha value is -2.05. The molecule has 4 heterocycles. The van der Waals surface area contributed by atoms with Gasteiger partial charge in [0.2, 0.25) is 0 Å². The van der Waals surface area contributed by atoms with E-state index in [2.05, 4.69) is 50.6 Å². The second kappa shape index (κ2) is 5.79. The lowest BCUT2D eigenvalue weighted by molar-refractivity contribution is 0.502. The van der Waals surface area contributed by atoms with Crippen LogP contribution in [0.4, 0.5) is 5.82 Å². The molecule has 0 amide bonds. The summed E-state index contributed by atoms with van der Waals surface area (Å²) in [5.41, 5.74) is 1.13. The number of aromatic nitrogens is 3. The molecule has 0 aliphatic carbocycles. The van der Waals surface area contributed by atoms with E-state index in [1.807, 2.05) is 11.3 Å². The number of piperidine rings is 1. The van der Waals surface area contributed by atoms with Gasteiger partial charge in [-0.05, 0) is 36.4 Å². The molecular formula is C18H16N4S2. The highest BCUT2D eigenvalue weighted by Gasteiger charge is 2.25. The van der Waals surface area contributed by atoms with Crippen molar-refractivity contribution in [3.63, 3.8) is 0 Å². The Kier molecular flexibility index (Phi) is 3.45. The Balaban J connectivity index is 1.38. The Morgan fingerprint density at radius 3 is 2.79 bits per heavy atom. The van der Waals surface area contributed by atoms with Crippen LogP contribution in [0.5, 0.6) is 0 Å². The van der Waals surface area contributed by atoms with Gasteiger partial charge in [-0.1, -0.05) is 12.1 Å². The summed E-state index contributed by atoms with van der Waals surface area (Å²) in [4.78, 5) is 17.2. The fourth-order valence-electron chi connectivity index (χ4n) is 3.43.